The standard InChI is InChI=1S/C13H21NO5/c1-5-6-10(14-2)11(15)7-9(13(17)19-4)8-12(16)18-3/h5,9-10,14H,1,6-8H2,2-4H3. The number of ketones is 1. The second-order valence-electron chi connectivity index (χ2n) is 4.04. The van der Waals surface area contributed by atoms with Crippen molar-refractivity contribution in [3.05, 3.63) is 12.7 Å². The molecule has 0 aromatic rings. The summed E-state index contributed by atoms with van der Waals surface area (Å²) in [5, 5.41) is 2.84. The van der Waals surface area contributed by atoms with Gasteiger partial charge in [-0.15, -0.1) is 6.58 Å². The van der Waals surface area contributed by atoms with E-state index in [1.54, 1.807) is 13.1 Å². The average Bonchev–Trinajstić information content (AvgIpc) is 2.42. The first-order valence-electron chi connectivity index (χ1n) is 5.95. The summed E-state index contributed by atoms with van der Waals surface area (Å²) in [6.45, 7) is 3.56. The molecular formula is C13H21NO5. The number of hydrogen-bond donors (Lipinski definition) is 1. The number of methoxy groups -OCH3 is 2. The zero-order valence-electron chi connectivity index (χ0n) is 11.6. The van der Waals surface area contributed by atoms with E-state index in [1.807, 2.05) is 0 Å². The second kappa shape index (κ2) is 9.27. The molecule has 108 valence electrons. The summed E-state index contributed by atoms with van der Waals surface area (Å²) >= 11 is 0. The van der Waals surface area contributed by atoms with Crippen LogP contribution >= 0.6 is 0 Å². The second-order valence-corrected chi connectivity index (χ2v) is 4.04. The van der Waals surface area contributed by atoms with Crippen molar-refractivity contribution in [3.8, 4) is 0 Å². The van der Waals surface area contributed by atoms with Crippen LogP contribution in [0.25, 0.3) is 0 Å². The molecule has 2 unspecified atom stereocenters. The quantitative estimate of drug-likeness (QED) is 0.485. The van der Waals surface area contributed by atoms with Crippen molar-refractivity contribution in [1.82, 2.24) is 5.32 Å². The molecule has 0 rings (SSSR count). The van der Waals surface area contributed by atoms with Crippen LogP contribution in [0.4, 0.5) is 0 Å². The van der Waals surface area contributed by atoms with Crippen molar-refractivity contribution in [2.75, 3.05) is 21.3 Å². The first-order chi connectivity index (χ1) is 8.99. The van der Waals surface area contributed by atoms with Crippen LogP contribution in [0.15, 0.2) is 12.7 Å². The predicted molar refractivity (Wildman–Crippen MR) is 69.4 cm³/mol. The minimum Gasteiger partial charge on any atom is -0.469 e. The van der Waals surface area contributed by atoms with E-state index in [1.165, 1.54) is 14.2 Å². The molecule has 0 radical (unpaired) electrons. The fraction of sp³-hybridized carbons (Fsp3) is 0.615. The van der Waals surface area contributed by atoms with Crippen molar-refractivity contribution in [3.63, 3.8) is 0 Å². The Labute approximate surface area is 113 Å². The molecule has 0 aromatic carbocycles. The third kappa shape index (κ3) is 6.15. The largest absolute Gasteiger partial charge is 0.469 e. The van der Waals surface area contributed by atoms with Crippen LogP contribution in [-0.4, -0.2) is 45.0 Å². The zero-order valence-corrected chi connectivity index (χ0v) is 11.6. The lowest BCUT2D eigenvalue weighted by Crippen LogP contribution is -2.36. The van der Waals surface area contributed by atoms with E-state index in [4.69, 9.17) is 0 Å². The minimum atomic E-state index is -0.814. The molecule has 1 N–H and O–H groups in total. The van der Waals surface area contributed by atoms with Crippen LogP contribution in [0, 0.1) is 5.92 Å². The van der Waals surface area contributed by atoms with E-state index in [2.05, 4.69) is 21.4 Å². The van der Waals surface area contributed by atoms with Gasteiger partial charge in [0, 0.05) is 6.42 Å². The molecule has 0 bridgehead atoms. The van der Waals surface area contributed by atoms with Crippen LogP contribution in [0.2, 0.25) is 0 Å². The Balaban J connectivity index is 4.70. The molecular weight excluding hydrogens is 250 g/mol. The average molecular weight is 271 g/mol. The normalized spacial score (nSPS) is 13.2. The molecule has 0 aliphatic rings. The van der Waals surface area contributed by atoms with Gasteiger partial charge in [0.15, 0.2) is 5.78 Å². The Morgan fingerprint density at radius 3 is 2.26 bits per heavy atom. The van der Waals surface area contributed by atoms with Crippen molar-refractivity contribution >= 4 is 17.7 Å². The molecule has 0 amide bonds. The Morgan fingerprint density at radius 2 is 1.84 bits per heavy atom. The molecule has 0 saturated heterocycles. The van der Waals surface area contributed by atoms with Gasteiger partial charge in [0.1, 0.15) is 0 Å². The van der Waals surface area contributed by atoms with Gasteiger partial charge in [-0.2, -0.15) is 0 Å². The van der Waals surface area contributed by atoms with E-state index < -0.39 is 23.9 Å². The van der Waals surface area contributed by atoms with E-state index in [0.29, 0.717) is 6.42 Å². The lowest BCUT2D eigenvalue weighted by molar-refractivity contribution is -0.153. The lowest BCUT2D eigenvalue weighted by atomic mass is 9.94. The van der Waals surface area contributed by atoms with E-state index in [0.717, 1.165) is 0 Å². The zero-order chi connectivity index (χ0) is 14.8. The van der Waals surface area contributed by atoms with Gasteiger partial charge < -0.3 is 14.8 Å². The monoisotopic (exact) mass is 271 g/mol. The van der Waals surface area contributed by atoms with Gasteiger partial charge in [0.25, 0.3) is 0 Å². The maximum Gasteiger partial charge on any atom is 0.309 e. The SMILES string of the molecule is C=CCC(NC)C(=O)CC(CC(=O)OC)C(=O)OC. The lowest BCUT2D eigenvalue weighted by Gasteiger charge is -2.17. The summed E-state index contributed by atoms with van der Waals surface area (Å²) in [4.78, 5) is 34.8. The summed E-state index contributed by atoms with van der Waals surface area (Å²) in [6.07, 6.45) is 1.84. The summed E-state index contributed by atoms with van der Waals surface area (Å²) in [5.74, 6) is -2.12. The summed E-state index contributed by atoms with van der Waals surface area (Å²) < 4.78 is 9.09. The molecule has 2 atom stereocenters. The highest BCUT2D eigenvalue weighted by atomic mass is 16.5. The molecule has 0 heterocycles. The minimum absolute atomic E-state index is 0.0683. The van der Waals surface area contributed by atoms with Gasteiger partial charge in [0.05, 0.1) is 32.6 Å². The van der Waals surface area contributed by atoms with Crippen LogP contribution < -0.4 is 5.32 Å². The molecule has 0 fully saturated rings. The number of carbonyl (C=O) groups is 3. The Morgan fingerprint density at radius 1 is 1.21 bits per heavy atom. The number of carbonyl (C=O) groups excluding carboxylic acids is 3. The van der Waals surface area contributed by atoms with Gasteiger partial charge in [-0.3, -0.25) is 14.4 Å². The number of nitrogens with one attached hydrogen (secondary N) is 1. The predicted octanol–water partition coefficient (Wildman–Crippen LogP) is 0.462. The van der Waals surface area contributed by atoms with Crippen molar-refractivity contribution < 1.29 is 23.9 Å². The Hall–Kier alpha value is -1.69. The first-order valence-corrected chi connectivity index (χ1v) is 5.95. The third-order valence-corrected chi connectivity index (χ3v) is 2.76. The fourth-order valence-electron chi connectivity index (χ4n) is 1.65. The highest BCUT2D eigenvalue weighted by Crippen LogP contribution is 2.14. The third-order valence-electron chi connectivity index (χ3n) is 2.76. The molecule has 0 aliphatic heterocycles. The highest BCUT2D eigenvalue weighted by molar-refractivity contribution is 5.90. The highest BCUT2D eigenvalue weighted by Gasteiger charge is 2.28. The molecule has 0 aliphatic carbocycles. The van der Waals surface area contributed by atoms with Crippen LogP contribution in [0.1, 0.15) is 19.3 Å². The topological polar surface area (TPSA) is 81.7 Å². The van der Waals surface area contributed by atoms with E-state index >= 15 is 0 Å². The fourth-order valence-corrected chi connectivity index (χ4v) is 1.65. The maximum atomic E-state index is 12.0. The Bertz CT molecular complexity index is 340. The first kappa shape index (κ1) is 17.3. The number of hydrogen-bond acceptors (Lipinski definition) is 6. The number of rotatable bonds is 9. The van der Waals surface area contributed by atoms with Gasteiger partial charge >= 0.3 is 11.9 Å². The van der Waals surface area contributed by atoms with Crippen LogP contribution in [0.5, 0.6) is 0 Å². The smallest absolute Gasteiger partial charge is 0.309 e. The maximum absolute atomic E-state index is 12.0. The molecule has 0 spiro atoms. The molecule has 0 aromatic heterocycles. The summed E-state index contributed by atoms with van der Waals surface area (Å²) in [7, 11) is 4.10. The molecule has 19 heavy (non-hydrogen) atoms. The van der Waals surface area contributed by atoms with Crippen molar-refractivity contribution in [1.29, 1.82) is 0 Å². The summed E-state index contributed by atoms with van der Waals surface area (Å²) in [5.41, 5.74) is 0. The van der Waals surface area contributed by atoms with Gasteiger partial charge in [0.2, 0.25) is 0 Å². The summed E-state index contributed by atoms with van der Waals surface area (Å²) in [6, 6.07) is -0.415. The van der Waals surface area contributed by atoms with Crippen LogP contribution in [-0.2, 0) is 23.9 Å². The van der Waals surface area contributed by atoms with E-state index in [-0.39, 0.29) is 18.6 Å². The van der Waals surface area contributed by atoms with Gasteiger partial charge in [-0.05, 0) is 13.5 Å². The van der Waals surface area contributed by atoms with Gasteiger partial charge in [-0.25, -0.2) is 0 Å². The number of likely N-dealkylation sites (N-methyl/N-ethyl adjacent to an activating group) is 1. The number of Topliss-reactive ketones (excluding diaryl/α,β-unsaturated/α-hetero) is 1. The molecule has 6 heteroatoms. The van der Waals surface area contributed by atoms with Crippen molar-refractivity contribution in [2.45, 2.75) is 25.3 Å². The Kier molecular flexibility index (Phi) is 8.44. The van der Waals surface area contributed by atoms with Gasteiger partial charge in [-0.1, -0.05) is 6.08 Å². The van der Waals surface area contributed by atoms with E-state index in [9.17, 15) is 14.4 Å². The molecule has 6 nitrogen and oxygen atoms in total. The number of ether oxygens (including phenoxy) is 2. The van der Waals surface area contributed by atoms with Crippen LogP contribution in [0.3, 0.4) is 0 Å². The van der Waals surface area contributed by atoms with Crippen molar-refractivity contribution in [2.24, 2.45) is 5.92 Å². The number of esters is 2. The molecule has 0 saturated carbocycles.